The first-order valence-corrected chi connectivity index (χ1v) is 5.97. The van der Waals surface area contributed by atoms with E-state index in [1.165, 1.54) is 12.8 Å². The van der Waals surface area contributed by atoms with Gasteiger partial charge in [0.15, 0.2) is 0 Å². The maximum absolute atomic E-state index is 4.51. The maximum Gasteiger partial charge on any atom is 0.227 e. The van der Waals surface area contributed by atoms with Crippen LogP contribution in [-0.4, -0.2) is 30.1 Å². The molecule has 0 amide bonds. The van der Waals surface area contributed by atoms with Crippen LogP contribution in [0.25, 0.3) is 0 Å². The molecule has 0 unspecified atom stereocenters. The van der Waals surface area contributed by atoms with Gasteiger partial charge in [-0.05, 0) is 25.7 Å². The van der Waals surface area contributed by atoms with Crippen LogP contribution < -0.4 is 10.2 Å². The van der Waals surface area contributed by atoms with Crippen LogP contribution in [0.2, 0.25) is 0 Å². The van der Waals surface area contributed by atoms with E-state index in [2.05, 4.69) is 27.1 Å². The van der Waals surface area contributed by atoms with Gasteiger partial charge in [0.1, 0.15) is 5.82 Å². The van der Waals surface area contributed by atoms with Crippen molar-refractivity contribution in [3.05, 3.63) is 11.8 Å². The second kappa shape index (κ2) is 4.68. The summed E-state index contributed by atoms with van der Waals surface area (Å²) in [6.07, 6.45) is 2.56. The van der Waals surface area contributed by atoms with Crippen molar-refractivity contribution in [2.75, 3.05) is 30.4 Å². The molecule has 0 bridgehead atoms. The third kappa shape index (κ3) is 2.43. The summed E-state index contributed by atoms with van der Waals surface area (Å²) < 4.78 is 0. The molecule has 2 rings (SSSR count). The van der Waals surface area contributed by atoms with E-state index < -0.39 is 0 Å². The molecule has 0 aromatic carbocycles. The number of hydrogen-bond acceptors (Lipinski definition) is 4. The molecule has 1 aromatic rings. The van der Waals surface area contributed by atoms with Crippen LogP contribution in [0.15, 0.2) is 6.07 Å². The summed E-state index contributed by atoms with van der Waals surface area (Å²) in [5.74, 6) is 2.52. The normalized spacial score (nSPS) is 20.9. The number of aryl methyl sites for hydroxylation is 1. The van der Waals surface area contributed by atoms with Crippen LogP contribution in [0.3, 0.4) is 0 Å². The quantitative estimate of drug-likeness (QED) is 0.828. The Morgan fingerprint density at radius 3 is 2.94 bits per heavy atom. The molecule has 0 spiro atoms. The molecule has 1 saturated heterocycles. The Labute approximate surface area is 97.1 Å². The second-order valence-electron chi connectivity index (χ2n) is 4.64. The molecule has 1 aliphatic heterocycles. The molecule has 16 heavy (non-hydrogen) atoms. The van der Waals surface area contributed by atoms with Crippen molar-refractivity contribution in [1.82, 2.24) is 9.97 Å². The summed E-state index contributed by atoms with van der Waals surface area (Å²) in [5.41, 5.74) is 1.02. The minimum Gasteiger partial charge on any atom is -0.373 e. The van der Waals surface area contributed by atoms with E-state index in [0.717, 1.165) is 36.5 Å². The van der Waals surface area contributed by atoms with Crippen LogP contribution in [0, 0.1) is 12.8 Å². The average molecular weight is 220 g/mol. The van der Waals surface area contributed by atoms with E-state index in [4.69, 9.17) is 0 Å². The number of rotatable bonds is 2. The summed E-state index contributed by atoms with van der Waals surface area (Å²) in [7, 11) is 1.89. The first-order chi connectivity index (χ1) is 7.69. The highest BCUT2D eigenvalue weighted by Crippen LogP contribution is 2.21. The fraction of sp³-hybridized carbons (Fsp3) is 0.667. The molecule has 88 valence electrons. The van der Waals surface area contributed by atoms with E-state index >= 15 is 0 Å². The summed E-state index contributed by atoms with van der Waals surface area (Å²) in [6.45, 7) is 6.46. The summed E-state index contributed by atoms with van der Waals surface area (Å²) >= 11 is 0. The molecular formula is C12H20N4. The maximum atomic E-state index is 4.51. The molecule has 1 atom stereocenters. The zero-order valence-electron chi connectivity index (χ0n) is 10.3. The highest BCUT2D eigenvalue weighted by molar-refractivity contribution is 5.43. The molecular weight excluding hydrogens is 200 g/mol. The highest BCUT2D eigenvalue weighted by Gasteiger charge is 2.18. The van der Waals surface area contributed by atoms with Gasteiger partial charge in [-0.3, -0.25) is 0 Å². The number of nitrogens with one attached hydrogen (secondary N) is 1. The Hall–Kier alpha value is -1.32. The first-order valence-electron chi connectivity index (χ1n) is 5.97. The van der Waals surface area contributed by atoms with Gasteiger partial charge in [-0.25, -0.2) is 4.98 Å². The lowest BCUT2D eigenvalue weighted by Gasteiger charge is -2.31. The summed E-state index contributed by atoms with van der Waals surface area (Å²) in [6, 6.07) is 1.97. The largest absolute Gasteiger partial charge is 0.373 e. The van der Waals surface area contributed by atoms with Crippen LogP contribution in [0.4, 0.5) is 11.8 Å². The Morgan fingerprint density at radius 1 is 1.44 bits per heavy atom. The molecule has 1 aliphatic rings. The topological polar surface area (TPSA) is 41.1 Å². The van der Waals surface area contributed by atoms with Gasteiger partial charge in [-0.1, -0.05) is 6.92 Å². The highest BCUT2D eigenvalue weighted by atomic mass is 15.3. The van der Waals surface area contributed by atoms with Crippen molar-refractivity contribution in [3.8, 4) is 0 Å². The van der Waals surface area contributed by atoms with Crippen LogP contribution >= 0.6 is 0 Å². The van der Waals surface area contributed by atoms with Crippen LogP contribution in [0.5, 0.6) is 0 Å². The standard InChI is InChI=1S/C12H20N4/c1-9-5-4-6-16(8-9)12-14-10(2)7-11(13-3)15-12/h7,9H,4-6,8H2,1-3H3,(H,13,14,15)/t9-/m1/s1. The number of aromatic nitrogens is 2. The molecule has 0 aliphatic carbocycles. The van der Waals surface area contributed by atoms with Crippen molar-refractivity contribution in [3.63, 3.8) is 0 Å². The van der Waals surface area contributed by atoms with E-state index in [1.54, 1.807) is 0 Å². The molecule has 1 aromatic heterocycles. The van der Waals surface area contributed by atoms with Gasteiger partial charge in [0, 0.05) is 31.9 Å². The van der Waals surface area contributed by atoms with Crippen molar-refractivity contribution in [2.45, 2.75) is 26.7 Å². The lowest BCUT2D eigenvalue weighted by atomic mass is 10.0. The van der Waals surface area contributed by atoms with Crippen molar-refractivity contribution >= 4 is 11.8 Å². The van der Waals surface area contributed by atoms with Gasteiger partial charge in [-0.2, -0.15) is 4.98 Å². The monoisotopic (exact) mass is 220 g/mol. The Kier molecular flexibility index (Phi) is 3.27. The molecule has 4 heteroatoms. The third-order valence-corrected chi connectivity index (χ3v) is 3.04. The molecule has 0 radical (unpaired) electrons. The Bertz CT molecular complexity index is 364. The smallest absolute Gasteiger partial charge is 0.227 e. The fourth-order valence-electron chi connectivity index (χ4n) is 2.19. The van der Waals surface area contributed by atoms with Crippen molar-refractivity contribution in [1.29, 1.82) is 0 Å². The van der Waals surface area contributed by atoms with Crippen LogP contribution in [0.1, 0.15) is 25.5 Å². The predicted octanol–water partition coefficient (Wildman–Crippen LogP) is 2.06. The van der Waals surface area contributed by atoms with Gasteiger partial charge in [0.2, 0.25) is 5.95 Å². The van der Waals surface area contributed by atoms with Gasteiger partial charge in [-0.15, -0.1) is 0 Å². The van der Waals surface area contributed by atoms with Crippen molar-refractivity contribution < 1.29 is 0 Å². The lowest BCUT2D eigenvalue weighted by Crippen LogP contribution is -2.35. The van der Waals surface area contributed by atoms with Gasteiger partial charge >= 0.3 is 0 Å². The molecule has 2 heterocycles. The lowest BCUT2D eigenvalue weighted by molar-refractivity contribution is 0.442. The molecule has 4 nitrogen and oxygen atoms in total. The van der Waals surface area contributed by atoms with Crippen LogP contribution in [-0.2, 0) is 0 Å². The molecule has 1 fully saturated rings. The number of anilines is 2. The number of nitrogens with zero attached hydrogens (tertiary/aromatic N) is 3. The first kappa shape index (κ1) is 11.2. The van der Waals surface area contributed by atoms with E-state index in [-0.39, 0.29) is 0 Å². The molecule has 0 saturated carbocycles. The van der Waals surface area contributed by atoms with E-state index in [0.29, 0.717) is 0 Å². The average Bonchev–Trinajstić information content (AvgIpc) is 2.28. The number of piperidine rings is 1. The SMILES string of the molecule is CNc1cc(C)nc(N2CCC[C@@H](C)C2)n1. The van der Waals surface area contributed by atoms with E-state index in [9.17, 15) is 0 Å². The Balaban J connectivity index is 2.21. The fourth-order valence-corrected chi connectivity index (χ4v) is 2.19. The van der Waals surface area contributed by atoms with E-state index in [1.807, 2.05) is 20.0 Å². The predicted molar refractivity (Wildman–Crippen MR) is 66.9 cm³/mol. The third-order valence-electron chi connectivity index (χ3n) is 3.04. The van der Waals surface area contributed by atoms with Gasteiger partial charge in [0.05, 0.1) is 0 Å². The summed E-state index contributed by atoms with van der Waals surface area (Å²) in [5, 5.41) is 3.08. The minimum atomic E-state index is 0.746. The van der Waals surface area contributed by atoms with Crippen molar-refractivity contribution in [2.24, 2.45) is 5.92 Å². The number of hydrogen-bond donors (Lipinski definition) is 1. The zero-order chi connectivity index (χ0) is 11.5. The second-order valence-corrected chi connectivity index (χ2v) is 4.64. The van der Waals surface area contributed by atoms with Gasteiger partial charge < -0.3 is 10.2 Å². The minimum absolute atomic E-state index is 0.746. The zero-order valence-corrected chi connectivity index (χ0v) is 10.3. The Morgan fingerprint density at radius 2 is 2.25 bits per heavy atom. The molecule has 1 N–H and O–H groups in total. The summed E-state index contributed by atoms with van der Waals surface area (Å²) in [4.78, 5) is 11.3. The van der Waals surface area contributed by atoms with Gasteiger partial charge in [0.25, 0.3) is 0 Å².